The maximum absolute atomic E-state index is 12.6. The van der Waals surface area contributed by atoms with Gasteiger partial charge in [-0.1, -0.05) is 0 Å². The zero-order valence-electron chi connectivity index (χ0n) is 10.3. The van der Waals surface area contributed by atoms with E-state index in [0.717, 1.165) is 4.52 Å². The molecule has 0 radical (unpaired) electrons. The summed E-state index contributed by atoms with van der Waals surface area (Å²) >= 11 is 0. The lowest BCUT2D eigenvalue weighted by molar-refractivity contribution is 0.0141. The van der Waals surface area contributed by atoms with E-state index in [2.05, 4.69) is 10.1 Å². The van der Waals surface area contributed by atoms with Gasteiger partial charge in [-0.2, -0.15) is 9.61 Å². The number of halogens is 1. The normalized spacial score (nSPS) is 22.5. The number of carbonyl (C=O) groups is 1. The van der Waals surface area contributed by atoms with Crippen LogP contribution in [0.15, 0.2) is 23.3 Å². The second-order valence-electron chi connectivity index (χ2n) is 4.75. The summed E-state index contributed by atoms with van der Waals surface area (Å²) in [6.07, 6.45) is 2.84. The maximum Gasteiger partial charge on any atom is 0.274 e. The van der Waals surface area contributed by atoms with E-state index in [1.54, 1.807) is 4.90 Å². The molecule has 0 saturated carbocycles. The van der Waals surface area contributed by atoms with Gasteiger partial charge in [-0.3, -0.25) is 14.0 Å². The lowest BCUT2D eigenvalue weighted by Crippen LogP contribution is -2.57. The van der Waals surface area contributed by atoms with Crippen LogP contribution >= 0.6 is 0 Å². The van der Waals surface area contributed by atoms with E-state index in [-0.39, 0.29) is 23.4 Å². The van der Waals surface area contributed by atoms with Crippen LogP contribution in [0.3, 0.4) is 0 Å². The van der Waals surface area contributed by atoms with Crippen LogP contribution in [-0.4, -0.2) is 44.7 Å². The Hall–Kier alpha value is -2.18. The number of nitrogens with zero attached hydrogens (tertiary/aromatic N) is 3. The Morgan fingerprint density at radius 3 is 3.11 bits per heavy atom. The molecule has 100 valence electrons. The molecule has 3 heterocycles. The van der Waals surface area contributed by atoms with Crippen molar-refractivity contribution >= 4 is 11.6 Å². The number of rotatable bonds is 2. The summed E-state index contributed by atoms with van der Waals surface area (Å²) < 4.78 is 13.7. The minimum absolute atomic E-state index is 0.0927. The number of fused-ring (bicyclic) bond motifs is 1. The van der Waals surface area contributed by atoms with Gasteiger partial charge < -0.3 is 9.88 Å². The first-order chi connectivity index (χ1) is 9.13. The Labute approximate surface area is 107 Å². The van der Waals surface area contributed by atoms with Crippen molar-refractivity contribution in [3.05, 3.63) is 34.4 Å². The molecule has 0 aromatic carbocycles. The summed E-state index contributed by atoms with van der Waals surface area (Å²) in [5.41, 5.74) is 0.404. The van der Waals surface area contributed by atoms with Gasteiger partial charge >= 0.3 is 0 Å². The van der Waals surface area contributed by atoms with E-state index in [4.69, 9.17) is 0 Å². The smallest absolute Gasteiger partial charge is 0.274 e. The van der Waals surface area contributed by atoms with E-state index in [1.807, 2.05) is 6.92 Å². The largest absolute Gasteiger partial charge is 0.346 e. The molecule has 1 saturated heterocycles. The Kier molecular flexibility index (Phi) is 2.62. The average molecular weight is 264 g/mol. The Balaban J connectivity index is 1.95. The standard InChI is InChI=1S/C12H13FN4O2/c1-7-8(4-13)6-16(7)12(19)9-5-15-17-10(18)2-3-14-11(9)17/h2-3,5,7-8,14H,4,6H2,1H3. The lowest BCUT2D eigenvalue weighted by atomic mass is 9.90. The number of alkyl halides is 1. The highest BCUT2D eigenvalue weighted by Gasteiger charge is 2.39. The summed E-state index contributed by atoms with van der Waals surface area (Å²) in [5.74, 6) is -0.320. The van der Waals surface area contributed by atoms with Crippen molar-refractivity contribution in [1.82, 2.24) is 19.5 Å². The van der Waals surface area contributed by atoms with Gasteiger partial charge in [0, 0.05) is 30.8 Å². The highest BCUT2D eigenvalue weighted by Crippen LogP contribution is 2.27. The SMILES string of the molecule is CC1C(CF)CN1C(=O)c1cnn2c(=O)cc[nH]c12. The van der Waals surface area contributed by atoms with Crippen LogP contribution in [0.5, 0.6) is 0 Å². The highest BCUT2D eigenvalue weighted by molar-refractivity contribution is 6.00. The topological polar surface area (TPSA) is 70.5 Å². The molecule has 2 unspecified atom stereocenters. The third-order valence-electron chi connectivity index (χ3n) is 3.72. The van der Waals surface area contributed by atoms with E-state index in [1.165, 1.54) is 18.5 Å². The molecule has 19 heavy (non-hydrogen) atoms. The zero-order valence-corrected chi connectivity index (χ0v) is 10.3. The average Bonchev–Trinajstić information content (AvgIpc) is 2.82. The fourth-order valence-corrected chi connectivity index (χ4v) is 2.36. The molecule has 0 spiro atoms. The minimum Gasteiger partial charge on any atom is -0.346 e. The molecule has 2 atom stereocenters. The van der Waals surface area contributed by atoms with Crippen LogP contribution in [0, 0.1) is 5.92 Å². The molecule has 2 aromatic heterocycles. The van der Waals surface area contributed by atoms with Crippen LogP contribution < -0.4 is 5.56 Å². The third kappa shape index (κ3) is 1.65. The third-order valence-corrected chi connectivity index (χ3v) is 3.72. The second-order valence-corrected chi connectivity index (χ2v) is 4.75. The first-order valence-electron chi connectivity index (χ1n) is 6.06. The van der Waals surface area contributed by atoms with E-state index in [9.17, 15) is 14.0 Å². The molecule has 2 aromatic rings. The fraction of sp³-hybridized carbons (Fsp3) is 0.417. The van der Waals surface area contributed by atoms with Crippen LogP contribution in [0.4, 0.5) is 4.39 Å². The molecule has 0 aliphatic carbocycles. The van der Waals surface area contributed by atoms with Gasteiger partial charge in [-0.05, 0) is 6.92 Å². The van der Waals surface area contributed by atoms with E-state index in [0.29, 0.717) is 17.8 Å². The van der Waals surface area contributed by atoms with Crippen molar-refractivity contribution in [3.8, 4) is 0 Å². The van der Waals surface area contributed by atoms with Crippen molar-refractivity contribution in [3.63, 3.8) is 0 Å². The fourth-order valence-electron chi connectivity index (χ4n) is 2.36. The zero-order chi connectivity index (χ0) is 13.6. The van der Waals surface area contributed by atoms with Crippen molar-refractivity contribution in [2.75, 3.05) is 13.2 Å². The predicted molar refractivity (Wildman–Crippen MR) is 65.8 cm³/mol. The number of aromatic amines is 1. The number of carbonyl (C=O) groups excluding carboxylic acids is 1. The Morgan fingerprint density at radius 1 is 1.63 bits per heavy atom. The minimum atomic E-state index is -0.420. The quantitative estimate of drug-likeness (QED) is 0.856. The summed E-state index contributed by atoms with van der Waals surface area (Å²) in [4.78, 5) is 28.3. The Bertz CT molecular complexity index is 692. The van der Waals surface area contributed by atoms with Crippen molar-refractivity contribution < 1.29 is 9.18 Å². The summed E-state index contributed by atoms with van der Waals surface area (Å²) in [7, 11) is 0. The second kappa shape index (κ2) is 4.18. The summed E-state index contributed by atoms with van der Waals surface area (Å²) in [5, 5.41) is 3.90. The summed E-state index contributed by atoms with van der Waals surface area (Å²) in [6, 6.07) is 1.21. The number of amides is 1. The molecule has 3 rings (SSSR count). The molecule has 1 aliphatic heterocycles. The van der Waals surface area contributed by atoms with Crippen molar-refractivity contribution in [2.24, 2.45) is 5.92 Å². The number of aromatic nitrogens is 3. The number of nitrogens with one attached hydrogen (secondary N) is 1. The number of hydrogen-bond acceptors (Lipinski definition) is 3. The van der Waals surface area contributed by atoms with Gasteiger partial charge in [-0.25, -0.2) is 0 Å². The van der Waals surface area contributed by atoms with Crippen molar-refractivity contribution in [1.29, 1.82) is 0 Å². The molecule has 1 amide bonds. The molecule has 0 bridgehead atoms. The van der Waals surface area contributed by atoms with Crippen LogP contribution in [0.1, 0.15) is 17.3 Å². The number of likely N-dealkylation sites (tertiary alicyclic amines) is 1. The van der Waals surface area contributed by atoms with Gasteiger partial charge in [0.1, 0.15) is 11.2 Å². The van der Waals surface area contributed by atoms with E-state index >= 15 is 0 Å². The molecule has 7 heteroatoms. The molecular weight excluding hydrogens is 251 g/mol. The van der Waals surface area contributed by atoms with Crippen LogP contribution in [0.25, 0.3) is 5.65 Å². The predicted octanol–water partition coefficient (Wildman–Crippen LogP) is 0.453. The van der Waals surface area contributed by atoms with Crippen LogP contribution in [-0.2, 0) is 0 Å². The first kappa shape index (κ1) is 11.9. The first-order valence-corrected chi connectivity index (χ1v) is 6.06. The van der Waals surface area contributed by atoms with Crippen molar-refractivity contribution in [2.45, 2.75) is 13.0 Å². The highest BCUT2D eigenvalue weighted by atomic mass is 19.1. The van der Waals surface area contributed by atoms with Gasteiger partial charge in [0.15, 0.2) is 0 Å². The molecule has 1 aliphatic rings. The monoisotopic (exact) mass is 264 g/mol. The van der Waals surface area contributed by atoms with Crippen LogP contribution in [0.2, 0.25) is 0 Å². The van der Waals surface area contributed by atoms with Gasteiger partial charge in [0.2, 0.25) is 0 Å². The van der Waals surface area contributed by atoms with Gasteiger partial charge in [0.05, 0.1) is 12.9 Å². The maximum atomic E-state index is 12.6. The Morgan fingerprint density at radius 2 is 2.42 bits per heavy atom. The molecular formula is C12H13FN4O2. The molecule has 6 nitrogen and oxygen atoms in total. The van der Waals surface area contributed by atoms with E-state index < -0.39 is 6.67 Å². The molecule has 1 fully saturated rings. The van der Waals surface area contributed by atoms with Gasteiger partial charge in [0.25, 0.3) is 11.5 Å². The molecule has 1 N–H and O–H groups in total. The lowest BCUT2D eigenvalue weighted by Gasteiger charge is -2.45. The van der Waals surface area contributed by atoms with Gasteiger partial charge in [-0.15, -0.1) is 0 Å². The number of H-pyrrole nitrogens is 1. The summed E-state index contributed by atoms with van der Waals surface area (Å²) in [6.45, 7) is 1.81. The number of hydrogen-bond donors (Lipinski definition) is 1.